The van der Waals surface area contributed by atoms with E-state index >= 15 is 0 Å². The Labute approximate surface area is 229 Å². The molecular formula is C29H33N3O6S. The van der Waals surface area contributed by atoms with Crippen molar-refractivity contribution in [3.8, 4) is 11.5 Å². The lowest BCUT2D eigenvalue weighted by molar-refractivity contribution is -0.139. The maximum Gasteiger partial charge on any atom is 0.264 e. The fourth-order valence-electron chi connectivity index (χ4n) is 4.31. The van der Waals surface area contributed by atoms with Gasteiger partial charge < -0.3 is 19.7 Å². The Morgan fingerprint density at radius 3 is 2.31 bits per heavy atom. The molecule has 3 aromatic carbocycles. The topological polar surface area (TPSA) is 105 Å². The van der Waals surface area contributed by atoms with Crippen molar-refractivity contribution in [1.29, 1.82) is 0 Å². The molecule has 9 nitrogen and oxygen atoms in total. The molecule has 1 aliphatic heterocycles. The highest BCUT2D eigenvalue weighted by atomic mass is 32.2. The number of amides is 2. The van der Waals surface area contributed by atoms with Crippen LogP contribution in [0.4, 0.5) is 5.69 Å². The fraction of sp³-hybridized carbons (Fsp3) is 0.310. The minimum Gasteiger partial charge on any atom is -0.486 e. The van der Waals surface area contributed by atoms with Gasteiger partial charge in [0.15, 0.2) is 11.5 Å². The summed E-state index contributed by atoms with van der Waals surface area (Å²) < 4.78 is 40.1. The molecule has 0 fully saturated rings. The largest absolute Gasteiger partial charge is 0.486 e. The molecule has 1 atom stereocenters. The molecular weight excluding hydrogens is 518 g/mol. The van der Waals surface area contributed by atoms with Crippen LogP contribution in [0, 0.1) is 6.92 Å². The molecule has 3 aromatic rings. The number of nitrogens with one attached hydrogen (secondary N) is 1. The number of hydrogen-bond acceptors (Lipinski definition) is 6. The normalized spacial score (nSPS) is 13.3. The van der Waals surface area contributed by atoms with Crippen LogP contribution in [0.15, 0.2) is 77.7 Å². The predicted molar refractivity (Wildman–Crippen MR) is 148 cm³/mol. The second-order valence-electron chi connectivity index (χ2n) is 9.17. The van der Waals surface area contributed by atoms with Gasteiger partial charge in [-0.05, 0) is 56.2 Å². The Bertz CT molecular complexity index is 1430. The molecule has 0 aromatic heterocycles. The van der Waals surface area contributed by atoms with Gasteiger partial charge in [0.05, 0.1) is 10.6 Å². The first-order chi connectivity index (χ1) is 18.7. The third-order valence-electron chi connectivity index (χ3n) is 6.54. The molecule has 39 heavy (non-hydrogen) atoms. The lowest BCUT2D eigenvalue weighted by atomic mass is 10.1. The Morgan fingerprint density at radius 2 is 1.62 bits per heavy atom. The van der Waals surface area contributed by atoms with E-state index in [1.807, 2.05) is 31.2 Å². The number of fused-ring (bicyclic) bond motifs is 1. The summed E-state index contributed by atoms with van der Waals surface area (Å²) in [7, 11) is -4.16. The first-order valence-corrected chi connectivity index (χ1v) is 14.3. The van der Waals surface area contributed by atoms with Gasteiger partial charge in [-0.15, -0.1) is 0 Å². The van der Waals surface area contributed by atoms with Crippen molar-refractivity contribution in [2.24, 2.45) is 0 Å². The van der Waals surface area contributed by atoms with Crippen molar-refractivity contribution in [3.63, 3.8) is 0 Å². The van der Waals surface area contributed by atoms with Crippen LogP contribution in [-0.4, -0.2) is 57.5 Å². The van der Waals surface area contributed by atoms with Gasteiger partial charge in [-0.3, -0.25) is 13.9 Å². The van der Waals surface area contributed by atoms with E-state index in [0.717, 1.165) is 15.4 Å². The molecule has 10 heteroatoms. The van der Waals surface area contributed by atoms with E-state index < -0.39 is 28.5 Å². The summed E-state index contributed by atoms with van der Waals surface area (Å²) in [6.07, 6.45) is 0. The molecule has 1 aliphatic rings. The minimum atomic E-state index is -4.16. The number of anilines is 1. The lowest BCUT2D eigenvalue weighted by Crippen LogP contribution is -2.51. The van der Waals surface area contributed by atoms with Crippen molar-refractivity contribution >= 4 is 27.5 Å². The molecule has 0 saturated carbocycles. The molecule has 4 rings (SSSR count). The SMILES string of the molecule is CCNC(=O)C(C)N(Cc1ccccc1C)C(=O)CN(c1ccc2c(c1)OCCO2)S(=O)(=O)c1ccccc1. The van der Waals surface area contributed by atoms with E-state index in [4.69, 9.17) is 9.47 Å². The van der Waals surface area contributed by atoms with Gasteiger partial charge >= 0.3 is 0 Å². The van der Waals surface area contributed by atoms with Gasteiger partial charge in [0.25, 0.3) is 10.0 Å². The van der Waals surface area contributed by atoms with E-state index in [1.165, 1.54) is 17.0 Å². The summed E-state index contributed by atoms with van der Waals surface area (Å²) in [6, 6.07) is 19.4. The standard InChI is InChI=1S/C29H33N3O6S/c1-4-30-29(34)22(3)31(19-23-11-9-8-10-21(23)2)28(33)20-32(39(35,36)25-12-6-5-7-13-25)24-14-15-26-27(18-24)38-17-16-37-26/h5-15,18,22H,4,16-17,19-20H2,1-3H3,(H,30,34). The average Bonchev–Trinajstić information content (AvgIpc) is 2.95. The van der Waals surface area contributed by atoms with Crippen LogP contribution in [0.3, 0.4) is 0 Å². The summed E-state index contributed by atoms with van der Waals surface area (Å²) in [5.41, 5.74) is 2.07. The number of carbonyl (C=O) groups excluding carboxylic acids is 2. The van der Waals surface area contributed by atoms with Crippen molar-refractivity contribution < 1.29 is 27.5 Å². The summed E-state index contributed by atoms with van der Waals surface area (Å²) in [5.74, 6) is 0.0500. The van der Waals surface area contributed by atoms with Crippen LogP contribution in [0.25, 0.3) is 0 Å². The third kappa shape index (κ3) is 6.34. The van der Waals surface area contributed by atoms with Crippen molar-refractivity contribution in [3.05, 3.63) is 83.9 Å². The van der Waals surface area contributed by atoms with Gasteiger partial charge in [-0.25, -0.2) is 8.42 Å². The maximum absolute atomic E-state index is 13.9. The van der Waals surface area contributed by atoms with Crippen LogP contribution < -0.4 is 19.1 Å². The number of carbonyl (C=O) groups is 2. The number of likely N-dealkylation sites (N-methyl/N-ethyl adjacent to an activating group) is 1. The zero-order chi connectivity index (χ0) is 28.0. The van der Waals surface area contributed by atoms with Crippen molar-refractivity contribution in [2.75, 3.05) is 30.6 Å². The van der Waals surface area contributed by atoms with Crippen LogP contribution >= 0.6 is 0 Å². The summed E-state index contributed by atoms with van der Waals surface area (Å²) in [4.78, 5) is 28.2. The van der Waals surface area contributed by atoms with Gasteiger partial charge in [-0.2, -0.15) is 0 Å². The number of rotatable bonds is 10. The highest BCUT2D eigenvalue weighted by molar-refractivity contribution is 7.92. The number of aryl methyl sites for hydroxylation is 1. The van der Waals surface area contributed by atoms with E-state index in [-0.39, 0.29) is 23.0 Å². The Balaban J connectivity index is 1.74. The average molecular weight is 552 g/mol. The van der Waals surface area contributed by atoms with Gasteiger partial charge in [0, 0.05) is 19.2 Å². The highest BCUT2D eigenvalue weighted by Crippen LogP contribution is 2.36. The smallest absolute Gasteiger partial charge is 0.264 e. The van der Waals surface area contributed by atoms with Gasteiger partial charge in [0.2, 0.25) is 11.8 Å². The van der Waals surface area contributed by atoms with Crippen LogP contribution in [0.1, 0.15) is 25.0 Å². The minimum absolute atomic E-state index is 0.0370. The van der Waals surface area contributed by atoms with Crippen LogP contribution in [-0.2, 0) is 26.2 Å². The zero-order valence-corrected chi connectivity index (χ0v) is 23.1. The predicted octanol–water partition coefficient (Wildman–Crippen LogP) is 3.51. The molecule has 1 heterocycles. The number of benzene rings is 3. The summed E-state index contributed by atoms with van der Waals surface area (Å²) >= 11 is 0. The fourth-order valence-corrected chi connectivity index (χ4v) is 5.74. The first-order valence-electron chi connectivity index (χ1n) is 12.8. The Morgan fingerprint density at radius 1 is 0.949 bits per heavy atom. The second-order valence-corrected chi connectivity index (χ2v) is 11.0. The van der Waals surface area contributed by atoms with E-state index in [2.05, 4.69) is 5.32 Å². The molecule has 0 spiro atoms. The van der Waals surface area contributed by atoms with E-state index in [9.17, 15) is 18.0 Å². The van der Waals surface area contributed by atoms with E-state index in [1.54, 1.807) is 50.2 Å². The summed E-state index contributed by atoms with van der Waals surface area (Å²) in [6.45, 7) is 6.11. The van der Waals surface area contributed by atoms with Crippen molar-refractivity contribution in [1.82, 2.24) is 10.2 Å². The molecule has 1 unspecified atom stereocenters. The first kappa shape index (κ1) is 28.0. The zero-order valence-electron chi connectivity index (χ0n) is 22.3. The summed E-state index contributed by atoms with van der Waals surface area (Å²) in [5, 5.41) is 2.76. The van der Waals surface area contributed by atoms with Crippen LogP contribution in [0.5, 0.6) is 11.5 Å². The molecule has 0 bridgehead atoms. The van der Waals surface area contributed by atoms with Crippen molar-refractivity contribution in [2.45, 2.75) is 38.3 Å². The maximum atomic E-state index is 13.9. The number of nitrogens with zero attached hydrogens (tertiary/aromatic N) is 2. The van der Waals surface area contributed by atoms with Crippen LogP contribution in [0.2, 0.25) is 0 Å². The van der Waals surface area contributed by atoms with E-state index in [0.29, 0.717) is 31.3 Å². The molecule has 1 N–H and O–H groups in total. The number of sulfonamides is 1. The Kier molecular flexibility index (Phi) is 8.75. The van der Waals surface area contributed by atoms with Gasteiger partial charge in [0.1, 0.15) is 25.8 Å². The Hall–Kier alpha value is -4.05. The highest BCUT2D eigenvalue weighted by Gasteiger charge is 2.33. The number of ether oxygens (including phenoxy) is 2. The van der Waals surface area contributed by atoms with Gasteiger partial charge in [-0.1, -0.05) is 42.5 Å². The quantitative estimate of drug-likeness (QED) is 0.414. The molecule has 2 amide bonds. The molecule has 0 saturated heterocycles. The molecule has 206 valence electrons. The number of hydrogen-bond donors (Lipinski definition) is 1. The monoisotopic (exact) mass is 551 g/mol. The second kappa shape index (κ2) is 12.2. The molecule has 0 aliphatic carbocycles. The lowest BCUT2D eigenvalue weighted by Gasteiger charge is -2.32. The molecule has 0 radical (unpaired) electrons. The third-order valence-corrected chi connectivity index (χ3v) is 8.33.